The third-order valence-electron chi connectivity index (χ3n) is 6.89. The molecule has 1 heterocycles. The molecular formula is C30H26N2O. The van der Waals surface area contributed by atoms with E-state index in [0.29, 0.717) is 12.3 Å². The van der Waals surface area contributed by atoms with Gasteiger partial charge in [-0.1, -0.05) is 80.2 Å². The minimum Gasteiger partial charge on any atom is -0.438 e. The summed E-state index contributed by atoms with van der Waals surface area (Å²) >= 11 is 0. The number of rotatable bonds is 4. The Kier molecular flexibility index (Phi) is 4.95. The molecule has 0 aliphatic carbocycles. The van der Waals surface area contributed by atoms with Crippen LogP contribution >= 0.6 is 0 Å². The normalized spacial score (nSPS) is 15.8. The zero-order valence-electron chi connectivity index (χ0n) is 19.2. The highest BCUT2D eigenvalue weighted by Crippen LogP contribution is 2.46. The smallest absolute Gasteiger partial charge is 0.200 e. The molecule has 0 spiro atoms. The van der Waals surface area contributed by atoms with E-state index in [4.69, 9.17) is 4.74 Å². The molecule has 0 fully saturated rings. The lowest BCUT2D eigenvalue weighted by atomic mass is 9.71. The lowest BCUT2D eigenvalue weighted by Crippen LogP contribution is -2.26. The van der Waals surface area contributed by atoms with Gasteiger partial charge in [0.1, 0.15) is 0 Å². The van der Waals surface area contributed by atoms with Crippen molar-refractivity contribution in [3.8, 4) is 11.8 Å². The molecule has 3 heteroatoms. The van der Waals surface area contributed by atoms with E-state index in [0.717, 1.165) is 49.7 Å². The van der Waals surface area contributed by atoms with Crippen LogP contribution in [0.3, 0.4) is 0 Å². The van der Waals surface area contributed by atoms with Crippen molar-refractivity contribution < 1.29 is 4.74 Å². The van der Waals surface area contributed by atoms with Crippen LogP contribution in [0, 0.1) is 18.3 Å². The second-order valence-corrected chi connectivity index (χ2v) is 8.95. The summed E-state index contributed by atoms with van der Waals surface area (Å²) in [5.74, 6) is 1.58. The summed E-state index contributed by atoms with van der Waals surface area (Å²) in [7, 11) is 2.00. The average molecular weight is 431 g/mol. The van der Waals surface area contributed by atoms with Gasteiger partial charge in [-0.2, -0.15) is 5.26 Å². The minimum atomic E-state index is -0.562. The highest BCUT2D eigenvalue weighted by Gasteiger charge is 2.34. The van der Waals surface area contributed by atoms with Crippen LogP contribution in [-0.4, -0.2) is 7.05 Å². The Bertz CT molecular complexity index is 1490. The molecule has 3 nitrogen and oxygen atoms in total. The molecule has 1 aliphatic rings. The van der Waals surface area contributed by atoms with Crippen molar-refractivity contribution in [3.05, 3.63) is 108 Å². The lowest BCUT2D eigenvalue weighted by Gasteiger charge is -2.32. The van der Waals surface area contributed by atoms with Crippen molar-refractivity contribution in [1.82, 2.24) is 0 Å². The number of ether oxygens (including phenoxy) is 1. The van der Waals surface area contributed by atoms with Crippen molar-refractivity contribution in [1.29, 1.82) is 5.26 Å². The highest BCUT2D eigenvalue weighted by atomic mass is 16.5. The number of hydrogen-bond acceptors (Lipinski definition) is 3. The maximum Gasteiger partial charge on any atom is 0.200 e. The quantitative estimate of drug-likeness (QED) is 0.338. The maximum atomic E-state index is 9.79. The number of aryl methyl sites for hydroxylation is 1. The standard InChI is InChI=1S/C30H26N2O/c1-20-13-14-22-9-5-7-11-24(22)28(20)30(3,17-18-31)21(2)19-27-32(4)26-16-15-23-10-6-8-12-25(23)29(26)33-27/h5-16,19H,2,17H2,1,3-4H3/b27-19-. The molecule has 0 saturated carbocycles. The molecule has 0 amide bonds. The molecule has 0 bridgehead atoms. The first-order valence-electron chi connectivity index (χ1n) is 11.1. The summed E-state index contributed by atoms with van der Waals surface area (Å²) in [6.45, 7) is 8.68. The fraction of sp³-hybridized carbons (Fsp3) is 0.167. The van der Waals surface area contributed by atoms with Gasteiger partial charge in [0.15, 0.2) is 5.75 Å². The van der Waals surface area contributed by atoms with Crippen LogP contribution in [0.2, 0.25) is 0 Å². The second kappa shape index (κ2) is 7.83. The number of benzene rings is 4. The third-order valence-corrected chi connectivity index (χ3v) is 6.89. The van der Waals surface area contributed by atoms with Crippen molar-refractivity contribution in [2.24, 2.45) is 0 Å². The SMILES string of the molecule is C=C(/C=C1\Oc2c(ccc3ccccc23)N1C)C(C)(CC#N)c1c(C)ccc2ccccc12. The van der Waals surface area contributed by atoms with E-state index in [9.17, 15) is 5.26 Å². The molecule has 1 aliphatic heterocycles. The molecule has 0 radical (unpaired) electrons. The van der Waals surface area contributed by atoms with Crippen LogP contribution in [0.1, 0.15) is 24.5 Å². The first-order valence-corrected chi connectivity index (χ1v) is 11.1. The summed E-state index contributed by atoms with van der Waals surface area (Å²) in [6.07, 6.45) is 2.32. The summed E-state index contributed by atoms with van der Waals surface area (Å²) < 4.78 is 6.37. The lowest BCUT2D eigenvalue weighted by molar-refractivity contribution is 0.444. The average Bonchev–Trinajstić information content (AvgIpc) is 3.14. The number of fused-ring (bicyclic) bond motifs is 4. The summed E-state index contributed by atoms with van der Waals surface area (Å²) in [4.78, 5) is 2.05. The van der Waals surface area contributed by atoms with E-state index >= 15 is 0 Å². The van der Waals surface area contributed by atoms with Gasteiger partial charge in [-0.05, 0) is 45.8 Å². The fourth-order valence-electron chi connectivity index (χ4n) is 4.96. The number of hydrogen-bond donors (Lipinski definition) is 0. The monoisotopic (exact) mass is 430 g/mol. The van der Waals surface area contributed by atoms with Gasteiger partial charge in [-0.25, -0.2) is 0 Å². The van der Waals surface area contributed by atoms with Crippen molar-refractivity contribution in [2.75, 3.05) is 11.9 Å². The van der Waals surface area contributed by atoms with Crippen molar-refractivity contribution in [3.63, 3.8) is 0 Å². The van der Waals surface area contributed by atoms with Crippen LogP contribution in [0.4, 0.5) is 5.69 Å². The topological polar surface area (TPSA) is 36.3 Å². The van der Waals surface area contributed by atoms with Gasteiger partial charge < -0.3 is 9.64 Å². The Morgan fingerprint density at radius 3 is 2.36 bits per heavy atom. The van der Waals surface area contributed by atoms with Gasteiger partial charge in [0, 0.05) is 30.3 Å². The van der Waals surface area contributed by atoms with Crippen LogP contribution in [-0.2, 0) is 5.41 Å². The van der Waals surface area contributed by atoms with E-state index in [1.165, 1.54) is 0 Å². The summed E-state index contributed by atoms with van der Waals surface area (Å²) in [5.41, 5.74) is 3.61. The molecule has 1 atom stereocenters. The Balaban J connectivity index is 1.61. The molecule has 5 rings (SSSR count). The van der Waals surface area contributed by atoms with Gasteiger partial charge in [-0.3, -0.25) is 0 Å². The van der Waals surface area contributed by atoms with Crippen molar-refractivity contribution in [2.45, 2.75) is 25.7 Å². The molecule has 0 N–H and O–H groups in total. The highest BCUT2D eigenvalue weighted by molar-refractivity contribution is 5.95. The molecule has 1 unspecified atom stereocenters. The summed E-state index contributed by atoms with van der Waals surface area (Å²) in [5, 5.41) is 14.3. The predicted octanol–water partition coefficient (Wildman–Crippen LogP) is 7.40. The van der Waals surface area contributed by atoms with Gasteiger partial charge in [0.2, 0.25) is 5.88 Å². The van der Waals surface area contributed by atoms with Gasteiger partial charge in [0.05, 0.1) is 11.8 Å². The molecule has 0 aromatic heterocycles. The molecular weight excluding hydrogens is 404 g/mol. The molecule has 33 heavy (non-hydrogen) atoms. The largest absolute Gasteiger partial charge is 0.438 e. The molecule has 0 saturated heterocycles. The minimum absolute atomic E-state index is 0.323. The van der Waals surface area contributed by atoms with Gasteiger partial charge in [0.25, 0.3) is 0 Å². The molecule has 162 valence electrons. The second-order valence-electron chi connectivity index (χ2n) is 8.95. The summed E-state index contributed by atoms with van der Waals surface area (Å²) in [6, 6.07) is 27.5. The maximum absolute atomic E-state index is 9.79. The Morgan fingerprint density at radius 1 is 1.00 bits per heavy atom. The number of anilines is 1. The van der Waals surface area contributed by atoms with Crippen molar-refractivity contribution >= 4 is 27.2 Å². The molecule has 4 aromatic rings. The van der Waals surface area contributed by atoms with Crippen LogP contribution < -0.4 is 9.64 Å². The predicted molar refractivity (Wildman–Crippen MR) is 136 cm³/mol. The van der Waals surface area contributed by atoms with E-state index in [-0.39, 0.29) is 0 Å². The van der Waals surface area contributed by atoms with Gasteiger partial charge >= 0.3 is 0 Å². The third kappa shape index (κ3) is 3.27. The molecule has 4 aromatic carbocycles. The Labute approximate surface area is 194 Å². The fourth-order valence-corrected chi connectivity index (χ4v) is 4.96. The van der Waals surface area contributed by atoms with Crippen LogP contribution in [0.5, 0.6) is 5.75 Å². The zero-order valence-corrected chi connectivity index (χ0v) is 19.2. The first-order chi connectivity index (χ1) is 15.9. The Hall–Kier alpha value is -4.03. The number of nitriles is 1. The van der Waals surface area contributed by atoms with E-state index in [1.54, 1.807) is 0 Å². The van der Waals surface area contributed by atoms with E-state index < -0.39 is 5.41 Å². The van der Waals surface area contributed by atoms with Gasteiger partial charge in [-0.15, -0.1) is 0 Å². The van der Waals surface area contributed by atoms with Crippen LogP contribution in [0.25, 0.3) is 21.5 Å². The van der Waals surface area contributed by atoms with E-state index in [2.05, 4.69) is 86.0 Å². The van der Waals surface area contributed by atoms with E-state index in [1.807, 2.05) is 31.3 Å². The Morgan fingerprint density at radius 2 is 1.64 bits per heavy atom. The number of allylic oxidation sites excluding steroid dienone is 2. The zero-order chi connectivity index (χ0) is 23.2. The number of nitrogens with zero attached hydrogens (tertiary/aromatic N) is 2. The first kappa shape index (κ1) is 20.8. The van der Waals surface area contributed by atoms with Crippen LogP contribution in [0.15, 0.2) is 96.9 Å².